The Morgan fingerprint density at radius 1 is 0.333 bits per heavy atom. The van der Waals surface area contributed by atoms with E-state index in [9.17, 15) is 0 Å². The quantitative estimate of drug-likeness (QED) is 0.0798. The first-order valence-electron chi connectivity index (χ1n) is 18.5. The van der Waals surface area contributed by atoms with Crippen LogP contribution in [0, 0.1) is 0 Å². The van der Waals surface area contributed by atoms with E-state index in [0.29, 0.717) is 6.17 Å². The monoisotopic (exact) mass is 547 g/mol. The lowest BCUT2D eigenvalue weighted by Crippen LogP contribution is -2.39. The van der Waals surface area contributed by atoms with E-state index in [1.807, 2.05) is 0 Å². The molecule has 0 fully saturated rings. The predicted molar refractivity (Wildman–Crippen MR) is 177 cm³/mol. The average Bonchev–Trinajstić information content (AvgIpc) is 3.33. The van der Waals surface area contributed by atoms with Crippen molar-refractivity contribution in [3.8, 4) is 0 Å². The van der Waals surface area contributed by atoms with E-state index < -0.39 is 0 Å². The molecule has 1 atom stereocenters. The van der Waals surface area contributed by atoms with E-state index >= 15 is 0 Å². The van der Waals surface area contributed by atoms with Gasteiger partial charge in [0.15, 0.2) is 0 Å². The highest BCUT2D eigenvalue weighted by molar-refractivity contribution is 4.97. The van der Waals surface area contributed by atoms with E-state index in [4.69, 9.17) is 0 Å². The molecule has 232 valence electrons. The van der Waals surface area contributed by atoms with Crippen molar-refractivity contribution in [3.05, 3.63) is 12.4 Å². The van der Waals surface area contributed by atoms with Crippen molar-refractivity contribution in [1.29, 1.82) is 0 Å². The zero-order chi connectivity index (χ0) is 28.1. The number of unbranched alkanes of at least 4 members (excludes halogenated alkanes) is 25. The number of rotatable bonds is 31. The van der Waals surface area contributed by atoms with Gasteiger partial charge < -0.3 is 9.80 Å². The number of nitrogens with zero attached hydrogens (tertiary/aromatic N) is 2. The summed E-state index contributed by atoms with van der Waals surface area (Å²) < 4.78 is 0. The molecule has 0 amide bonds. The molecule has 2 nitrogen and oxygen atoms in total. The summed E-state index contributed by atoms with van der Waals surface area (Å²) in [4.78, 5) is 5.37. The first-order chi connectivity index (χ1) is 19.3. The summed E-state index contributed by atoms with van der Waals surface area (Å²) in [5, 5.41) is 0. The fourth-order valence-corrected chi connectivity index (χ4v) is 6.36. The maximum Gasteiger partial charge on any atom is 0.101 e. The highest BCUT2D eigenvalue weighted by Crippen LogP contribution is 2.24. The lowest BCUT2D eigenvalue weighted by atomic mass is 10.0. The molecule has 0 aromatic rings. The Bertz CT molecular complexity index is 502. The third kappa shape index (κ3) is 21.7. The predicted octanol–water partition coefficient (Wildman–Crippen LogP) is 12.8. The van der Waals surface area contributed by atoms with Crippen LogP contribution in [0.4, 0.5) is 0 Å². The molecule has 0 spiro atoms. The van der Waals surface area contributed by atoms with Gasteiger partial charge in [0.2, 0.25) is 0 Å². The summed E-state index contributed by atoms with van der Waals surface area (Å²) in [6.45, 7) is 9.46. The summed E-state index contributed by atoms with van der Waals surface area (Å²) >= 11 is 0. The van der Waals surface area contributed by atoms with Gasteiger partial charge in [0, 0.05) is 25.5 Å². The minimum Gasteiger partial charge on any atom is -0.356 e. The summed E-state index contributed by atoms with van der Waals surface area (Å²) in [5.74, 6) is 0. The number of hydrogen-bond donors (Lipinski definition) is 0. The van der Waals surface area contributed by atoms with Crippen molar-refractivity contribution in [3.63, 3.8) is 0 Å². The van der Waals surface area contributed by atoms with Crippen LogP contribution in [0.25, 0.3) is 0 Å². The third-order valence-corrected chi connectivity index (χ3v) is 9.07. The largest absolute Gasteiger partial charge is 0.356 e. The normalized spacial score (nSPS) is 15.2. The molecule has 39 heavy (non-hydrogen) atoms. The van der Waals surface area contributed by atoms with Gasteiger partial charge in [0.05, 0.1) is 0 Å². The highest BCUT2D eigenvalue weighted by Gasteiger charge is 2.24. The van der Waals surface area contributed by atoms with Crippen LogP contribution < -0.4 is 0 Å². The van der Waals surface area contributed by atoms with E-state index in [1.165, 1.54) is 199 Å². The topological polar surface area (TPSA) is 6.48 Å². The molecule has 2 heteroatoms. The Morgan fingerprint density at radius 2 is 0.590 bits per heavy atom. The van der Waals surface area contributed by atoms with Gasteiger partial charge in [0.1, 0.15) is 6.17 Å². The maximum absolute atomic E-state index is 2.70. The lowest BCUT2D eigenvalue weighted by Gasteiger charge is -2.33. The summed E-state index contributed by atoms with van der Waals surface area (Å²) in [5.41, 5.74) is 0. The van der Waals surface area contributed by atoms with Crippen molar-refractivity contribution in [2.75, 3.05) is 13.1 Å². The zero-order valence-corrected chi connectivity index (χ0v) is 27.5. The Hall–Kier alpha value is -0.660. The van der Waals surface area contributed by atoms with Crippen molar-refractivity contribution >= 4 is 0 Å². The second-order valence-corrected chi connectivity index (χ2v) is 12.9. The van der Waals surface area contributed by atoms with Crippen molar-refractivity contribution in [2.24, 2.45) is 0 Å². The minimum absolute atomic E-state index is 0.641. The van der Waals surface area contributed by atoms with Crippen LogP contribution in [-0.2, 0) is 0 Å². The average molecular weight is 547 g/mol. The Kier molecular flexibility index (Phi) is 26.9. The molecule has 1 heterocycles. The van der Waals surface area contributed by atoms with E-state index in [0.717, 1.165) is 0 Å². The molecule has 1 aliphatic rings. The first kappa shape index (κ1) is 36.4. The molecule has 0 saturated heterocycles. The van der Waals surface area contributed by atoms with Gasteiger partial charge in [-0.2, -0.15) is 0 Å². The molecule has 0 aliphatic carbocycles. The molecule has 1 aliphatic heterocycles. The fraction of sp³-hybridized carbons (Fsp3) is 0.946. The summed E-state index contributed by atoms with van der Waals surface area (Å²) in [7, 11) is 0. The van der Waals surface area contributed by atoms with Crippen molar-refractivity contribution < 1.29 is 0 Å². The SMILES string of the molecule is CCCCCCCCCCCCCCCN1C=CN(CCCCC)C1CCCCCCCCCCCCCC. The van der Waals surface area contributed by atoms with E-state index in [2.05, 4.69) is 43.0 Å². The molecule has 0 N–H and O–H groups in total. The van der Waals surface area contributed by atoms with Gasteiger partial charge in [-0.1, -0.05) is 181 Å². The lowest BCUT2D eigenvalue weighted by molar-refractivity contribution is 0.135. The molecule has 0 radical (unpaired) electrons. The van der Waals surface area contributed by atoms with Crippen LogP contribution in [0.15, 0.2) is 12.4 Å². The molecule has 1 unspecified atom stereocenters. The van der Waals surface area contributed by atoms with E-state index in [-0.39, 0.29) is 0 Å². The van der Waals surface area contributed by atoms with Gasteiger partial charge in [0.25, 0.3) is 0 Å². The molecule has 0 bridgehead atoms. The Balaban J connectivity index is 2.10. The maximum atomic E-state index is 2.70. The van der Waals surface area contributed by atoms with Gasteiger partial charge in [-0.25, -0.2) is 0 Å². The fourth-order valence-electron chi connectivity index (χ4n) is 6.36. The second kappa shape index (κ2) is 28.9. The van der Waals surface area contributed by atoms with E-state index in [1.54, 1.807) is 0 Å². The Labute approximate surface area is 248 Å². The van der Waals surface area contributed by atoms with Crippen LogP contribution >= 0.6 is 0 Å². The number of hydrogen-bond acceptors (Lipinski definition) is 2. The standard InChI is InChI=1S/C37H74N2/c1-4-7-10-12-14-16-18-20-22-24-26-28-31-34-39-36-35-38(33-30-9-6-3)37(39)32-29-27-25-23-21-19-17-15-13-11-8-5-2/h35-37H,4-34H2,1-3H3. The van der Waals surface area contributed by atoms with Crippen LogP contribution in [-0.4, -0.2) is 29.1 Å². The molecule has 0 saturated carbocycles. The molecule has 1 rings (SSSR count). The Morgan fingerprint density at radius 3 is 0.949 bits per heavy atom. The van der Waals surface area contributed by atoms with Crippen LogP contribution in [0.1, 0.15) is 207 Å². The second-order valence-electron chi connectivity index (χ2n) is 12.9. The van der Waals surface area contributed by atoms with Gasteiger partial charge >= 0.3 is 0 Å². The zero-order valence-electron chi connectivity index (χ0n) is 27.5. The molecular formula is C37H74N2. The van der Waals surface area contributed by atoms with Crippen LogP contribution in [0.3, 0.4) is 0 Å². The molecule has 0 aromatic heterocycles. The minimum atomic E-state index is 0.641. The van der Waals surface area contributed by atoms with Crippen molar-refractivity contribution in [1.82, 2.24) is 9.80 Å². The summed E-state index contributed by atoms with van der Waals surface area (Å²) in [6, 6.07) is 0. The smallest absolute Gasteiger partial charge is 0.101 e. The van der Waals surface area contributed by atoms with Gasteiger partial charge in [-0.3, -0.25) is 0 Å². The highest BCUT2D eigenvalue weighted by atomic mass is 15.4. The van der Waals surface area contributed by atoms with Gasteiger partial charge in [-0.15, -0.1) is 0 Å². The summed E-state index contributed by atoms with van der Waals surface area (Å²) in [6.07, 6.45) is 47.0. The molecular weight excluding hydrogens is 472 g/mol. The molecule has 0 aromatic carbocycles. The first-order valence-corrected chi connectivity index (χ1v) is 18.5. The third-order valence-electron chi connectivity index (χ3n) is 9.07. The van der Waals surface area contributed by atoms with Crippen LogP contribution in [0.2, 0.25) is 0 Å². The van der Waals surface area contributed by atoms with Crippen molar-refractivity contribution in [2.45, 2.75) is 213 Å². The van der Waals surface area contributed by atoms with Gasteiger partial charge in [-0.05, 0) is 25.7 Å². The van der Waals surface area contributed by atoms with Crippen LogP contribution in [0.5, 0.6) is 0 Å².